The molecule has 4 aromatic carbocycles. The third-order valence-electron chi connectivity index (χ3n) is 9.44. The summed E-state index contributed by atoms with van der Waals surface area (Å²) < 4.78 is 10.6. The summed E-state index contributed by atoms with van der Waals surface area (Å²) in [4.78, 5) is 4.78. The molecule has 0 saturated heterocycles. The summed E-state index contributed by atoms with van der Waals surface area (Å²) in [6.07, 6.45) is 12.6. The van der Waals surface area contributed by atoms with Gasteiger partial charge in [-0.05, 0) is 95.5 Å². The van der Waals surface area contributed by atoms with E-state index in [4.69, 9.17) is 14.8 Å². The van der Waals surface area contributed by atoms with Crippen LogP contribution in [0.15, 0.2) is 104 Å². The van der Waals surface area contributed by atoms with E-state index < -0.39 is 0 Å². The Bertz CT molecular complexity index is 2210. The molecule has 0 unspecified atom stereocenters. The molecule has 3 heterocycles. The zero-order chi connectivity index (χ0) is 34.6. The number of ether oxygens (including phenoxy) is 1. The molecule has 0 fully saturated rings. The molecule has 0 saturated carbocycles. The molecule has 0 aliphatic heterocycles. The van der Waals surface area contributed by atoms with Crippen molar-refractivity contribution in [1.82, 2.24) is 19.3 Å². The summed E-state index contributed by atoms with van der Waals surface area (Å²) in [6.45, 7) is 11.4. The summed E-state index contributed by atoms with van der Waals surface area (Å²) >= 11 is 0. The number of hydrogen-bond donors (Lipinski definition) is 0. The minimum atomic E-state index is 0. The summed E-state index contributed by atoms with van der Waals surface area (Å²) in [5.41, 5.74) is 9.40. The molecule has 0 N–H and O–H groups in total. The van der Waals surface area contributed by atoms with E-state index >= 15 is 0 Å². The molecule has 7 aromatic rings. The molecule has 0 radical (unpaired) electrons. The zero-order valence-corrected chi connectivity index (χ0v) is 32.5. The van der Waals surface area contributed by atoms with Gasteiger partial charge in [-0.2, -0.15) is 17.2 Å². The fourth-order valence-corrected chi connectivity index (χ4v) is 6.86. The largest absolute Gasteiger partial charge is 2.00 e. The SMILES string of the molecule is CCCc1ccnc(-n2c3[c-]c(Oc4[c-]c(-n5cc(-c6c(CCC(C)C)cccc6CCC(C)C)cn5)ccc4)ccc3c3ccccc32)c1.[Pt+2]. The molecular weight excluding hydrogens is 808 g/mol. The third kappa shape index (κ3) is 8.05. The Balaban J connectivity index is 0.00000448. The first-order valence-corrected chi connectivity index (χ1v) is 18.1. The van der Waals surface area contributed by atoms with Crippen LogP contribution in [-0.2, 0) is 40.3 Å². The van der Waals surface area contributed by atoms with E-state index in [0.29, 0.717) is 23.3 Å². The van der Waals surface area contributed by atoms with Crippen molar-refractivity contribution in [2.24, 2.45) is 11.8 Å². The van der Waals surface area contributed by atoms with Crippen LogP contribution in [0.5, 0.6) is 11.5 Å². The maximum absolute atomic E-state index is 6.45. The standard InChI is InChI=1S/C45H46N4O.Pt/c1-6-11-33-24-25-46-44(26-33)49-42-17-8-7-16-40(42)41-23-22-39(28-43(41)49)50-38-15-10-14-37(27-38)48-30-36(29-47-48)45-34(20-18-31(2)3)12-9-13-35(45)21-19-32(4)5;/h7-10,12-17,22-26,29-32H,6,11,18-21H2,1-5H3;/q-2;+2. The monoisotopic (exact) mass is 853 g/mol. The number of rotatable bonds is 13. The second kappa shape index (κ2) is 16.3. The normalized spacial score (nSPS) is 11.5. The number of para-hydroxylation sites is 1. The first-order valence-electron chi connectivity index (χ1n) is 18.1. The molecule has 6 heteroatoms. The number of hydrogen-bond acceptors (Lipinski definition) is 3. The predicted molar refractivity (Wildman–Crippen MR) is 206 cm³/mol. The maximum Gasteiger partial charge on any atom is 2.00 e. The minimum absolute atomic E-state index is 0. The van der Waals surface area contributed by atoms with Gasteiger partial charge in [-0.3, -0.25) is 4.68 Å². The van der Waals surface area contributed by atoms with Gasteiger partial charge in [0.05, 0.1) is 6.20 Å². The van der Waals surface area contributed by atoms with E-state index in [2.05, 4.69) is 118 Å². The number of aromatic nitrogens is 4. The van der Waals surface area contributed by atoms with E-state index in [0.717, 1.165) is 77.4 Å². The first kappa shape index (κ1) is 36.3. The quantitative estimate of drug-likeness (QED) is 0.109. The van der Waals surface area contributed by atoms with Crippen LogP contribution in [0, 0.1) is 24.0 Å². The molecule has 0 amide bonds. The van der Waals surface area contributed by atoms with Gasteiger partial charge >= 0.3 is 21.1 Å². The second-order valence-electron chi connectivity index (χ2n) is 14.2. The molecule has 0 aliphatic carbocycles. The molecule has 7 rings (SSSR count). The minimum Gasteiger partial charge on any atom is -0.509 e. The van der Waals surface area contributed by atoms with E-state index in [-0.39, 0.29) is 21.1 Å². The van der Waals surface area contributed by atoms with Crippen molar-refractivity contribution < 1.29 is 25.8 Å². The number of nitrogens with zero attached hydrogens (tertiary/aromatic N) is 4. The van der Waals surface area contributed by atoms with Crippen molar-refractivity contribution in [3.8, 4) is 34.1 Å². The van der Waals surface area contributed by atoms with Gasteiger partial charge in [0.2, 0.25) is 0 Å². The molecule has 3 aromatic heterocycles. The van der Waals surface area contributed by atoms with Crippen molar-refractivity contribution >= 4 is 21.8 Å². The average Bonchev–Trinajstić information content (AvgIpc) is 3.73. The average molecular weight is 854 g/mol. The molecule has 0 atom stereocenters. The maximum atomic E-state index is 6.45. The fraction of sp³-hybridized carbons (Fsp3) is 0.289. The number of aryl methyl sites for hydroxylation is 3. The molecule has 5 nitrogen and oxygen atoms in total. The molecule has 51 heavy (non-hydrogen) atoms. The summed E-state index contributed by atoms with van der Waals surface area (Å²) in [7, 11) is 0. The van der Waals surface area contributed by atoms with Crippen LogP contribution in [-0.4, -0.2) is 19.3 Å². The molecule has 0 bridgehead atoms. The van der Waals surface area contributed by atoms with Crippen molar-refractivity contribution in [2.45, 2.75) is 73.1 Å². The second-order valence-corrected chi connectivity index (χ2v) is 14.2. The zero-order valence-electron chi connectivity index (χ0n) is 30.2. The summed E-state index contributed by atoms with van der Waals surface area (Å²) in [5, 5.41) is 7.10. The predicted octanol–water partition coefficient (Wildman–Crippen LogP) is 11.6. The Morgan fingerprint density at radius 3 is 2.22 bits per heavy atom. The van der Waals surface area contributed by atoms with Gasteiger partial charge in [-0.15, -0.1) is 35.7 Å². The van der Waals surface area contributed by atoms with Gasteiger partial charge < -0.3 is 9.30 Å². The van der Waals surface area contributed by atoms with Gasteiger partial charge in [0.15, 0.2) is 0 Å². The molecule has 0 aliphatic rings. The summed E-state index contributed by atoms with van der Waals surface area (Å²) in [5.74, 6) is 3.41. The Labute approximate surface area is 317 Å². The van der Waals surface area contributed by atoms with Crippen LogP contribution in [0.2, 0.25) is 0 Å². The van der Waals surface area contributed by atoms with Gasteiger partial charge in [-0.25, -0.2) is 4.98 Å². The number of fused-ring (bicyclic) bond motifs is 3. The van der Waals surface area contributed by atoms with E-state index in [1.807, 2.05) is 41.3 Å². The topological polar surface area (TPSA) is 44.9 Å². The Morgan fingerprint density at radius 1 is 0.745 bits per heavy atom. The third-order valence-corrected chi connectivity index (χ3v) is 9.44. The van der Waals surface area contributed by atoms with Crippen LogP contribution in [0.4, 0.5) is 0 Å². The fourth-order valence-electron chi connectivity index (χ4n) is 6.86. The Morgan fingerprint density at radius 2 is 1.47 bits per heavy atom. The first-order chi connectivity index (χ1) is 24.4. The van der Waals surface area contributed by atoms with Crippen LogP contribution < -0.4 is 4.74 Å². The number of pyridine rings is 1. The summed E-state index contributed by atoms with van der Waals surface area (Å²) in [6, 6.07) is 36.6. The van der Waals surface area contributed by atoms with E-state index in [1.165, 1.54) is 22.3 Å². The van der Waals surface area contributed by atoms with Crippen LogP contribution >= 0.6 is 0 Å². The smallest absolute Gasteiger partial charge is 0.509 e. The van der Waals surface area contributed by atoms with Crippen molar-refractivity contribution in [3.05, 3.63) is 132 Å². The molecule has 0 spiro atoms. The van der Waals surface area contributed by atoms with Crippen LogP contribution in [0.3, 0.4) is 0 Å². The Kier molecular flexibility index (Phi) is 11.6. The Hall–Kier alpha value is -4.47. The van der Waals surface area contributed by atoms with Crippen LogP contribution in [0.25, 0.3) is 44.4 Å². The van der Waals surface area contributed by atoms with E-state index in [1.54, 1.807) is 0 Å². The van der Waals surface area contributed by atoms with Gasteiger partial charge in [0.25, 0.3) is 0 Å². The van der Waals surface area contributed by atoms with Crippen LogP contribution in [0.1, 0.15) is 70.6 Å². The number of benzene rings is 4. The molecule has 262 valence electrons. The van der Waals surface area contributed by atoms with Crippen molar-refractivity contribution in [3.63, 3.8) is 0 Å². The van der Waals surface area contributed by atoms with E-state index in [9.17, 15) is 0 Å². The van der Waals surface area contributed by atoms with Crippen molar-refractivity contribution in [1.29, 1.82) is 0 Å². The van der Waals surface area contributed by atoms with Gasteiger partial charge in [-0.1, -0.05) is 83.0 Å². The van der Waals surface area contributed by atoms with Gasteiger partial charge in [0, 0.05) is 35.0 Å². The molecular formula is C45H46N4OPt. The van der Waals surface area contributed by atoms with Crippen molar-refractivity contribution in [2.75, 3.05) is 0 Å². The van der Waals surface area contributed by atoms with Gasteiger partial charge in [0.1, 0.15) is 5.82 Å².